The van der Waals surface area contributed by atoms with Gasteiger partial charge in [-0.3, -0.25) is 4.98 Å². The van der Waals surface area contributed by atoms with Crippen molar-refractivity contribution in [2.75, 3.05) is 6.54 Å². The summed E-state index contributed by atoms with van der Waals surface area (Å²) in [7, 11) is 0. The highest BCUT2D eigenvalue weighted by Gasteiger charge is 2.13. The Labute approximate surface area is 128 Å². The second kappa shape index (κ2) is 7.77. The Hall–Kier alpha value is -2.11. The monoisotopic (exact) mass is 304 g/mol. The summed E-state index contributed by atoms with van der Waals surface area (Å²) in [5.74, 6) is -1.40. The van der Waals surface area contributed by atoms with Gasteiger partial charge in [-0.2, -0.15) is 0 Å². The molecule has 0 saturated carbocycles. The van der Waals surface area contributed by atoms with Gasteiger partial charge in [-0.05, 0) is 31.2 Å². The highest BCUT2D eigenvalue weighted by atomic mass is 19.1. The van der Waals surface area contributed by atoms with Crippen LogP contribution in [0.25, 0.3) is 6.08 Å². The van der Waals surface area contributed by atoms with Crippen molar-refractivity contribution in [3.05, 3.63) is 71.6 Å². The second-order valence-electron chi connectivity index (χ2n) is 4.99. The maximum Gasteiger partial charge on any atom is 0.131 e. The first-order valence-corrected chi connectivity index (χ1v) is 7.02. The number of pyridine rings is 1. The van der Waals surface area contributed by atoms with Crippen LogP contribution < -0.4 is 5.32 Å². The molecule has 2 rings (SSSR count). The molecule has 1 aromatic heterocycles. The number of aromatic nitrogens is 1. The lowest BCUT2D eigenvalue weighted by molar-refractivity contribution is 0.168. The fraction of sp³-hybridized carbons (Fsp3) is 0.235. The molecule has 0 aliphatic carbocycles. The van der Waals surface area contributed by atoms with Crippen molar-refractivity contribution in [2.24, 2.45) is 0 Å². The normalized spacial score (nSPS) is 14.2. The number of benzene rings is 1. The average molecular weight is 304 g/mol. The van der Waals surface area contributed by atoms with Gasteiger partial charge in [-0.25, -0.2) is 8.78 Å². The van der Waals surface area contributed by atoms with Gasteiger partial charge >= 0.3 is 0 Å². The number of halogens is 2. The maximum atomic E-state index is 13.5. The van der Waals surface area contributed by atoms with Crippen LogP contribution in [0.3, 0.4) is 0 Å². The predicted molar refractivity (Wildman–Crippen MR) is 82.1 cm³/mol. The molecule has 1 aromatic carbocycles. The Morgan fingerprint density at radius 3 is 2.77 bits per heavy atom. The molecule has 5 heteroatoms. The lowest BCUT2D eigenvalue weighted by Crippen LogP contribution is -2.29. The van der Waals surface area contributed by atoms with E-state index in [-0.39, 0.29) is 18.2 Å². The topological polar surface area (TPSA) is 45.2 Å². The molecule has 0 fully saturated rings. The number of nitrogens with one attached hydrogen (secondary N) is 1. The number of aliphatic hydroxyl groups excluding tert-OH is 1. The van der Waals surface area contributed by atoms with Crippen LogP contribution >= 0.6 is 0 Å². The molecular formula is C17H18F2N2O. The van der Waals surface area contributed by atoms with Crippen LogP contribution in [-0.4, -0.2) is 22.7 Å². The Bertz CT molecular complexity index is 632. The van der Waals surface area contributed by atoms with Crippen LogP contribution in [-0.2, 0) is 0 Å². The van der Waals surface area contributed by atoms with E-state index in [0.29, 0.717) is 0 Å². The van der Waals surface area contributed by atoms with E-state index in [1.807, 2.05) is 37.3 Å². The van der Waals surface area contributed by atoms with Crippen LogP contribution in [0.15, 0.2) is 48.7 Å². The van der Waals surface area contributed by atoms with Crippen molar-refractivity contribution < 1.29 is 13.9 Å². The molecule has 2 unspecified atom stereocenters. The summed E-state index contributed by atoms with van der Waals surface area (Å²) in [5, 5.41) is 13.0. The van der Waals surface area contributed by atoms with Gasteiger partial charge in [0.05, 0.1) is 11.8 Å². The van der Waals surface area contributed by atoms with E-state index in [0.717, 1.165) is 17.8 Å². The first kappa shape index (κ1) is 16.3. The quantitative estimate of drug-likeness (QED) is 0.862. The van der Waals surface area contributed by atoms with E-state index in [9.17, 15) is 13.9 Å². The molecule has 3 nitrogen and oxygen atoms in total. The SMILES string of the molecule is CC(/C=C/c1ccccn1)NCC(O)c1ccc(F)cc1F. The van der Waals surface area contributed by atoms with Gasteiger partial charge in [0.25, 0.3) is 0 Å². The van der Waals surface area contributed by atoms with Crippen molar-refractivity contribution >= 4 is 6.08 Å². The molecule has 116 valence electrons. The molecule has 0 aliphatic rings. The number of nitrogens with zero attached hydrogens (tertiary/aromatic N) is 1. The molecule has 2 aromatic rings. The third kappa shape index (κ3) is 4.72. The lowest BCUT2D eigenvalue weighted by atomic mass is 10.1. The van der Waals surface area contributed by atoms with E-state index in [1.54, 1.807) is 6.20 Å². The molecule has 2 N–H and O–H groups in total. The Kier molecular flexibility index (Phi) is 5.75. The summed E-state index contributed by atoms with van der Waals surface area (Å²) in [6.07, 6.45) is 4.43. The minimum atomic E-state index is -1.04. The molecule has 0 saturated heterocycles. The standard InChI is InChI=1S/C17H18F2N2O/c1-12(5-7-14-4-2-3-9-20-14)21-11-17(22)15-8-6-13(18)10-16(15)19/h2-10,12,17,21-22H,11H2,1H3/b7-5+. The molecule has 0 amide bonds. The van der Waals surface area contributed by atoms with E-state index in [1.165, 1.54) is 6.07 Å². The fourth-order valence-electron chi connectivity index (χ4n) is 1.96. The minimum absolute atomic E-state index is 0.0276. The summed E-state index contributed by atoms with van der Waals surface area (Å²) in [5.41, 5.74) is 0.913. The van der Waals surface area contributed by atoms with E-state index in [4.69, 9.17) is 0 Å². The van der Waals surface area contributed by atoms with Crippen molar-refractivity contribution in [3.8, 4) is 0 Å². The molecule has 22 heavy (non-hydrogen) atoms. The molecule has 1 heterocycles. The van der Waals surface area contributed by atoms with Gasteiger partial charge in [0.15, 0.2) is 0 Å². The summed E-state index contributed by atoms with van der Waals surface area (Å²) in [6.45, 7) is 2.07. The van der Waals surface area contributed by atoms with Gasteiger partial charge in [0.2, 0.25) is 0 Å². The van der Waals surface area contributed by atoms with Crippen LogP contribution in [0.1, 0.15) is 24.3 Å². The highest BCUT2D eigenvalue weighted by Crippen LogP contribution is 2.17. The fourth-order valence-corrected chi connectivity index (χ4v) is 1.96. The summed E-state index contributed by atoms with van der Waals surface area (Å²) < 4.78 is 26.4. The zero-order valence-electron chi connectivity index (χ0n) is 12.2. The van der Waals surface area contributed by atoms with E-state index >= 15 is 0 Å². The summed E-state index contributed by atoms with van der Waals surface area (Å²) in [6, 6.07) is 8.74. The molecule has 0 bridgehead atoms. The predicted octanol–water partition coefficient (Wildman–Crippen LogP) is 3.08. The minimum Gasteiger partial charge on any atom is -0.387 e. The zero-order chi connectivity index (χ0) is 15.9. The maximum absolute atomic E-state index is 13.5. The third-order valence-electron chi connectivity index (χ3n) is 3.20. The van der Waals surface area contributed by atoms with E-state index in [2.05, 4.69) is 10.3 Å². The van der Waals surface area contributed by atoms with Gasteiger partial charge in [0.1, 0.15) is 11.6 Å². The molecule has 0 aliphatic heterocycles. The number of rotatable bonds is 6. The molecule has 2 atom stereocenters. The first-order valence-electron chi connectivity index (χ1n) is 7.02. The largest absolute Gasteiger partial charge is 0.387 e. The Morgan fingerprint density at radius 1 is 1.27 bits per heavy atom. The van der Waals surface area contributed by atoms with E-state index < -0.39 is 17.7 Å². The molecular weight excluding hydrogens is 286 g/mol. The number of aliphatic hydroxyl groups is 1. The first-order chi connectivity index (χ1) is 10.6. The lowest BCUT2D eigenvalue weighted by Gasteiger charge is -2.15. The van der Waals surface area contributed by atoms with Crippen LogP contribution in [0.5, 0.6) is 0 Å². The number of hydrogen-bond donors (Lipinski definition) is 2. The van der Waals surface area contributed by atoms with Gasteiger partial charge in [-0.1, -0.05) is 18.2 Å². The summed E-state index contributed by atoms with van der Waals surface area (Å²) in [4.78, 5) is 4.16. The highest BCUT2D eigenvalue weighted by molar-refractivity contribution is 5.44. The zero-order valence-corrected chi connectivity index (χ0v) is 12.2. The third-order valence-corrected chi connectivity index (χ3v) is 3.20. The smallest absolute Gasteiger partial charge is 0.131 e. The van der Waals surface area contributed by atoms with Gasteiger partial charge < -0.3 is 10.4 Å². The van der Waals surface area contributed by atoms with Crippen LogP contribution in [0, 0.1) is 11.6 Å². The Balaban J connectivity index is 1.87. The van der Waals surface area contributed by atoms with Crippen LogP contribution in [0.4, 0.5) is 8.78 Å². The Morgan fingerprint density at radius 2 is 2.09 bits per heavy atom. The van der Waals surface area contributed by atoms with Crippen molar-refractivity contribution in [1.29, 1.82) is 0 Å². The van der Waals surface area contributed by atoms with Gasteiger partial charge in [0, 0.05) is 30.4 Å². The summed E-state index contributed by atoms with van der Waals surface area (Å²) >= 11 is 0. The second-order valence-corrected chi connectivity index (χ2v) is 4.99. The average Bonchev–Trinajstić information content (AvgIpc) is 2.51. The van der Waals surface area contributed by atoms with Crippen molar-refractivity contribution in [1.82, 2.24) is 10.3 Å². The molecule has 0 spiro atoms. The molecule has 0 radical (unpaired) electrons. The number of hydrogen-bond acceptors (Lipinski definition) is 3. The van der Waals surface area contributed by atoms with Crippen molar-refractivity contribution in [2.45, 2.75) is 19.1 Å². The van der Waals surface area contributed by atoms with Gasteiger partial charge in [-0.15, -0.1) is 0 Å². The van der Waals surface area contributed by atoms with Crippen LogP contribution in [0.2, 0.25) is 0 Å². The van der Waals surface area contributed by atoms with Crippen molar-refractivity contribution in [3.63, 3.8) is 0 Å².